The van der Waals surface area contributed by atoms with E-state index in [-0.39, 0.29) is 6.04 Å². The van der Waals surface area contributed by atoms with Crippen LogP contribution in [0.5, 0.6) is 5.75 Å². The van der Waals surface area contributed by atoms with Crippen LogP contribution in [0.4, 0.5) is 0 Å². The Kier molecular flexibility index (Phi) is 3.32. The third-order valence-corrected chi connectivity index (χ3v) is 3.61. The topological polar surface area (TPSA) is 35.2 Å². The van der Waals surface area contributed by atoms with E-state index < -0.39 is 0 Å². The summed E-state index contributed by atoms with van der Waals surface area (Å²) < 4.78 is 6.28. The Morgan fingerprint density at radius 2 is 2.27 bits per heavy atom. The van der Waals surface area contributed by atoms with Crippen molar-refractivity contribution in [2.24, 2.45) is 11.7 Å². The summed E-state index contributed by atoms with van der Waals surface area (Å²) in [5.74, 6) is 1.72. The van der Waals surface area contributed by atoms with Gasteiger partial charge in [0, 0.05) is 10.5 Å². The first-order chi connectivity index (χ1) is 7.20. The van der Waals surface area contributed by atoms with Crippen LogP contribution in [-0.4, -0.2) is 7.11 Å². The largest absolute Gasteiger partial charge is 0.497 e. The molecule has 15 heavy (non-hydrogen) atoms. The SMILES string of the molecule is COc1ccc(Br)c([C@H](N)CC2CC2)c1. The van der Waals surface area contributed by atoms with Crippen LogP contribution in [0.3, 0.4) is 0 Å². The number of halogens is 1. The molecule has 3 heteroatoms. The number of benzene rings is 1. The molecule has 2 rings (SSSR count). The maximum atomic E-state index is 6.17. The highest BCUT2D eigenvalue weighted by Crippen LogP contribution is 2.38. The Hall–Kier alpha value is -0.540. The van der Waals surface area contributed by atoms with E-state index >= 15 is 0 Å². The highest BCUT2D eigenvalue weighted by atomic mass is 79.9. The van der Waals surface area contributed by atoms with Gasteiger partial charge in [-0.25, -0.2) is 0 Å². The van der Waals surface area contributed by atoms with Gasteiger partial charge in [-0.1, -0.05) is 28.8 Å². The molecule has 2 nitrogen and oxygen atoms in total. The van der Waals surface area contributed by atoms with Crippen LogP contribution in [0.15, 0.2) is 22.7 Å². The summed E-state index contributed by atoms with van der Waals surface area (Å²) in [6.45, 7) is 0. The lowest BCUT2D eigenvalue weighted by Gasteiger charge is -2.14. The van der Waals surface area contributed by atoms with Gasteiger partial charge in [0.15, 0.2) is 0 Å². The summed E-state index contributed by atoms with van der Waals surface area (Å²) in [7, 11) is 1.68. The minimum atomic E-state index is 0.127. The molecule has 0 aromatic heterocycles. The number of hydrogen-bond donors (Lipinski definition) is 1. The fourth-order valence-electron chi connectivity index (χ4n) is 1.77. The van der Waals surface area contributed by atoms with Gasteiger partial charge < -0.3 is 10.5 Å². The van der Waals surface area contributed by atoms with E-state index in [9.17, 15) is 0 Å². The molecule has 0 bridgehead atoms. The van der Waals surface area contributed by atoms with E-state index in [0.717, 1.165) is 28.1 Å². The van der Waals surface area contributed by atoms with E-state index in [2.05, 4.69) is 15.9 Å². The molecule has 1 saturated carbocycles. The van der Waals surface area contributed by atoms with Gasteiger partial charge in [-0.3, -0.25) is 0 Å². The van der Waals surface area contributed by atoms with Gasteiger partial charge in [-0.05, 0) is 36.1 Å². The second-order valence-electron chi connectivity index (χ2n) is 4.17. The average molecular weight is 270 g/mol. The number of methoxy groups -OCH3 is 1. The summed E-state index contributed by atoms with van der Waals surface area (Å²) in [6, 6.07) is 6.09. The van der Waals surface area contributed by atoms with Crippen molar-refractivity contribution in [2.45, 2.75) is 25.3 Å². The highest BCUT2D eigenvalue weighted by molar-refractivity contribution is 9.10. The highest BCUT2D eigenvalue weighted by Gasteiger charge is 2.25. The van der Waals surface area contributed by atoms with Crippen LogP contribution < -0.4 is 10.5 Å². The number of ether oxygens (including phenoxy) is 1. The van der Waals surface area contributed by atoms with Gasteiger partial charge in [-0.15, -0.1) is 0 Å². The van der Waals surface area contributed by atoms with Gasteiger partial charge in [0.05, 0.1) is 7.11 Å². The Balaban J connectivity index is 2.16. The lowest BCUT2D eigenvalue weighted by molar-refractivity contribution is 0.413. The van der Waals surface area contributed by atoms with E-state index in [4.69, 9.17) is 10.5 Å². The van der Waals surface area contributed by atoms with Crippen LogP contribution in [0.25, 0.3) is 0 Å². The van der Waals surface area contributed by atoms with Gasteiger partial charge in [0.25, 0.3) is 0 Å². The standard InChI is InChI=1S/C12H16BrNO/c1-15-9-4-5-11(13)10(7-9)12(14)6-8-2-3-8/h4-5,7-8,12H,2-3,6,14H2,1H3/t12-/m1/s1. The summed E-state index contributed by atoms with van der Waals surface area (Å²) >= 11 is 3.54. The van der Waals surface area contributed by atoms with E-state index in [0.29, 0.717) is 0 Å². The smallest absolute Gasteiger partial charge is 0.119 e. The van der Waals surface area contributed by atoms with Crippen molar-refractivity contribution in [1.29, 1.82) is 0 Å². The molecule has 1 fully saturated rings. The van der Waals surface area contributed by atoms with Crippen LogP contribution >= 0.6 is 15.9 Å². The molecular weight excluding hydrogens is 254 g/mol. The summed E-state index contributed by atoms with van der Waals surface area (Å²) in [5.41, 5.74) is 7.33. The molecule has 0 heterocycles. The Morgan fingerprint density at radius 1 is 1.53 bits per heavy atom. The first kappa shape index (κ1) is 11.0. The molecule has 2 N–H and O–H groups in total. The van der Waals surface area contributed by atoms with Crippen molar-refractivity contribution in [3.63, 3.8) is 0 Å². The maximum absolute atomic E-state index is 6.17. The molecular formula is C12H16BrNO. The molecule has 1 aromatic carbocycles. The summed E-state index contributed by atoms with van der Waals surface area (Å²) in [4.78, 5) is 0. The second kappa shape index (κ2) is 4.54. The van der Waals surface area contributed by atoms with Gasteiger partial charge in [0.2, 0.25) is 0 Å². The van der Waals surface area contributed by atoms with Crippen molar-refractivity contribution in [1.82, 2.24) is 0 Å². The predicted molar refractivity (Wildman–Crippen MR) is 65.0 cm³/mol. The molecule has 1 aliphatic rings. The van der Waals surface area contributed by atoms with Gasteiger partial charge >= 0.3 is 0 Å². The fraction of sp³-hybridized carbons (Fsp3) is 0.500. The van der Waals surface area contributed by atoms with Crippen molar-refractivity contribution in [2.75, 3.05) is 7.11 Å². The third kappa shape index (κ3) is 2.73. The first-order valence-electron chi connectivity index (χ1n) is 5.29. The van der Waals surface area contributed by atoms with Crippen molar-refractivity contribution in [3.05, 3.63) is 28.2 Å². The summed E-state index contributed by atoms with van der Waals surface area (Å²) in [6.07, 6.45) is 3.77. The quantitative estimate of drug-likeness (QED) is 0.911. The Labute approximate surface area is 98.9 Å². The Bertz CT molecular complexity index is 349. The van der Waals surface area contributed by atoms with Crippen LogP contribution in [0.2, 0.25) is 0 Å². The molecule has 1 atom stereocenters. The van der Waals surface area contributed by atoms with Crippen LogP contribution in [0.1, 0.15) is 30.9 Å². The van der Waals surface area contributed by atoms with E-state index in [1.165, 1.54) is 12.8 Å². The lowest BCUT2D eigenvalue weighted by atomic mass is 10.0. The van der Waals surface area contributed by atoms with Crippen molar-refractivity contribution in [3.8, 4) is 5.75 Å². The summed E-state index contributed by atoms with van der Waals surface area (Å²) in [5, 5.41) is 0. The molecule has 0 amide bonds. The molecule has 0 radical (unpaired) electrons. The zero-order valence-corrected chi connectivity index (χ0v) is 10.5. The fourth-order valence-corrected chi connectivity index (χ4v) is 2.31. The zero-order chi connectivity index (χ0) is 10.8. The molecule has 1 aliphatic carbocycles. The second-order valence-corrected chi connectivity index (χ2v) is 5.03. The minimum absolute atomic E-state index is 0.127. The van der Waals surface area contributed by atoms with Gasteiger partial charge in [-0.2, -0.15) is 0 Å². The van der Waals surface area contributed by atoms with Crippen LogP contribution in [0, 0.1) is 5.92 Å². The third-order valence-electron chi connectivity index (χ3n) is 2.89. The number of rotatable bonds is 4. The molecule has 0 aliphatic heterocycles. The van der Waals surface area contributed by atoms with Crippen molar-refractivity contribution < 1.29 is 4.74 Å². The molecule has 82 valence electrons. The predicted octanol–water partition coefficient (Wildman–Crippen LogP) is 3.26. The average Bonchev–Trinajstić information content (AvgIpc) is 3.02. The first-order valence-corrected chi connectivity index (χ1v) is 6.09. The number of nitrogens with two attached hydrogens (primary N) is 1. The van der Waals surface area contributed by atoms with Crippen molar-refractivity contribution >= 4 is 15.9 Å². The molecule has 0 saturated heterocycles. The Morgan fingerprint density at radius 3 is 2.87 bits per heavy atom. The van der Waals surface area contributed by atoms with E-state index in [1.54, 1.807) is 7.11 Å². The molecule has 0 unspecified atom stereocenters. The minimum Gasteiger partial charge on any atom is -0.497 e. The zero-order valence-electron chi connectivity index (χ0n) is 8.87. The van der Waals surface area contributed by atoms with E-state index in [1.807, 2.05) is 18.2 Å². The molecule has 1 aromatic rings. The van der Waals surface area contributed by atoms with Crippen LogP contribution in [-0.2, 0) is 0 Å². The molecule has 0 spiro atoms. The monoisotopic (exact) mass is 269 g/mol. The lowest BCUT2D eigenvalue weighted by Crippen LogP contribution is -2.11. The number of hydrogen-bond acceptors (Lipinski definition) is 2. The van der Waals surface area contributed by atoms with Gasteiger partial charge in [0.1, 0.15) is 5.75 Å². The maximum Gasteiger partial charge on any atom is 0.119 e. The normalized spacial score (nSPS) is 17.5.